The fourth-order valence-corrected chi connectivity index (χ4v) is 3.36. The Morgan fingerprint density at radius 3 is 2.62 bits per heavy atom. The molecule has 0 atom stereocenters. The molecule has 0 aliphatic heterocycles. The number of para-hydroxylation sites is 1. The van der Waals surface area contributed by atoms with Crippen LogP contribution in [0.4, 0.5) is 8.78 Å². The summed E-state index contributed by atoms with van der Waals surface area (Å²) >= 11 is 0.811. The molecule has 0 fully saturated rings. The van der Waals surface area contributed by atoms with Crippen LogP contribution in [0.2, 0.25) is 0 Å². The summed E-state index contributed by atoms with van der Waals surface area (Å²) in [5.41, 5.74) is 0.110. The van der Waals surface area contributed by atoms with Crippen molar-refractivity contribution >= 4 is 28.6 Å². The zero-order chi connectivity index (χ0) is 17.3. The molecule has 0 saturated carbocycles. The quantitative estimate of drug-likeness (QED) is 0.785. The normalized spacial score (nSPS) is 10.9. The number of pyridine rings is 1. The molecule has 1 aromatic heterocycles. The molecule has 2 aromatic carbocycles. The van der Waals surface area contributed by atoms with Gasteiger partial charge in [0, 0.05) is 11.5 Å². The van der Waals surface area contributed by atoms with Crippen LogP contribution in [0.15, 0.2) is 63.2 Å². The van der Waals surface area contributed by atoms with Crippen molar-refractivity contribution in [2.24, 2.45) is 0 Å². The standard InChI is InChI=1S/C17H11F2NO3S/c18-11-5-3-7-14(17(11)19)24-15-8-13(21)10-4-1-2-6-12(10)20(15)9-16(22)23/h1-8H,9H2,(H,22,23). The summed E-state index contributed by atoms with van der Waals surface area (Å²) in [5.74, 6) is -3.15. The fourth-order valence-electron chi connectivity index (χ4n) is 2.36. The minimum Gasteiger partial charge on any atom is -0.480 e. The van der Waals surface area contributed by atoms with Crippen molar-refractivity contribution in [2.45, 2.75) is 16.5 Å². The van der Waals surface area contributed by atoms with Gasteiger partial charge in [-0.1, -0.05) is 30.0 Å². The average molecular weight is 347 g/mol. The zero-order valence-electron chi connectivity index (χ0n) is 12.2. The summed E-state index contributed by atoms with van der Waals surface area (Å²) in [5, 5.41) is 9.73. The van der Waals surface area contributed by atoms with Gasteiger partial charge in [0.05, 0.1) is 15.4 Å². The van der Waals surface area contributed by atoms with E-state index in [2.05, 4.69) is 0 Å². The number of rotatable bonds is 4. The number of carbonyl (C=O) groups is 1. The number of halogens is 2. The monoisotopic (exact) mass is 347 g/mol. The number of hydrogen-bond donors (Lipinski definition) is 1. The highest BCUT2D eigenvalue weighted by Crippen LogP contribution is 2.31. The lowest BCUT2D eigenvalue weighted by Gasteiger charge is -2.15. The molecule has 0 bridgehead atoms. The molecule has 1 N–H and O–H groups in total. The third-order valence-corrected chi connectivity index (χ3v) is 4.49. The molecule has 0 aliphatic rings. The van der Waals surface area contributed by atoms with Crippen LogP contribution in [-0.2, 0) is 11.3 Å². The molecular weight excluding hydrogens is 336 g/mol. The van der Waals surface area contributed by atoms with E-state index in [-0.39, 0.29) is 15.4 Å². The summed E-state index contributed by atoms with van der Waals surface area (Å²) in [7, 11) is 0. The lowest BCUT2D eigenvalue weighted by Crippen LogP contribution is -2.16. The smallest absolute Gasteiger partial charge is 0.323 e. The van der Waals surface area contributed by atoms with Crippen LogP contribution in [0.1, 0.15) is 0 Å². The molecule has 0 radical (unpaired) electrons. The van der Waals surface area contributed by atoms with Gasteiger partial charge in [-0.25, -0.2) is 8.78 Å². The van der Waals surface area contributed by atoms with Crippen LogP contribution in [0.5, 0.6) is 0 Å². The van der Waals surface area contributed by atoms with Crippen LogP contribution < -0.4 is 5.43 Å². The Morgan fingerprint density at radius 2 is 1.88 bits per heavy atom. The van der Waals surface area contributed by atoms with Crippen LogP contribution in [0.3, 0.4) is 0 Å². The van der Waals surface area contributed by atoms with Gasteiger partial charge in [-0.2, -0.15) is 0 Å². The van der Waals surface area contributed by atoms with Crippen molar-refractivity contribution in [3.05, 3.63) is 70.4 Å². The van der Waals surface area contributed by atoms with Gasteiger partial charge in [-0.3, -0.25) is 9.59 Å². The molecule has 122 valence electrons. The van der Waals surface area contributed by atoms with Gasteiger partial charge in [-0.15, -0.1) is 0 Å². The molecule has 7 heteroatoms. The van der Waals surface area contributed by atoms with Gasteiger partial charge in [0.15, 0.2) is 17.1 Å². The maximum atomic E-state index is 13.9. The first kappa shape index (κ1) is 16.2. The van der Waals surface area contributed by atoms with Gasteiger partial charge >= 0.3 is 5.97 Å². The molecule has 0 unspecified atom stereocenters. The number of benzene rings is 2. The minimum atomic E-state index is -1.11. The highest BCUT2D eigenvalue weighted by atomic mass is 32.2. The van der Waals surface area contributed by atoms with E-state index in [0.29, 0.717) is 10.9 Å². The number of aliphatic carboxylic acids is 1. The van der Waals surface area contributed by atoms with E-state index in [1.165, 1.54) is 22.8 Å². The molecule has 4 nitrogen and oxygen atoms in total. The van der Waals surface area contributed by atoms with Crippen molar-refractivity contribution in [3.8, 4) is 0 Å². The van der Waals surface area contributed by atoms with Crippen LogP contribution in [0.25, 0.3) is 10.9 Å². The van der Waals surface area contributed by atoms with Gasteiger partial charge in [0.2, 0.25) is 0 Å². The third kappa shape index (κ3) is 3.03. The van der Waals surface area contributed by atoms with E-state index in [0.717, 1.165) is 17.8 Å². The Labute approximate surface area is 139 Å². The Hall–Kier alpha value is -2.67. The van der Waals surface area contributed by atoms with Crippen molar-refractivity contribution in [1.29, 1.82) is 0 Å². The zero-order valence-corrected chi connectivity index (χ0v) is 13.0. The van der Waals surface area contributed by atoms with Crippen molar-refractivity contribution in [3.63, 3.8) is 0 Å². The first-order valence-corrected chi connectivity index (χ1v) is 7.75. The van der Waals surface area contributed by atoms with Gasteiger partial charge < -0.3 is 9.67 Å². The molecule has 3 rings (SSSR count). The molecule has 0 aliphatic carbocycles. The summed E-state index contributed by atoms with van der Waals surface area (Å²) < 4.78 is 28.7. The van der Waals surface area contributed by atoms with Crippen LogP contribution in [0, 0.1) is 11.6 Å². The molecule has 0 amide bonds. The van der Waals surface area contributed by atoms with Crippen LogP contribution >= 0.6 is 11.8 Å². The second kappa shape index (κ2) is 6.45. The molecule has 0 saturated heterocycles. The molecule has 1 heterocycles. The topological polar surface area (TPSA) is 59.3 Å². The second-order valence-corrected chi connectivity index (χ2v) is 6.06. The number of aromatic nitrogens is 1. The van der Waals surface area contributed by atoms with Gasteiger partial charge in [-0.05, 0) is 24.3 Å². The van der Waals surface area contributed by atoms with Crippen molar-refractivity contribution in [2.75, 3.05) is 0 Å². The number of hydrogen-bond acceptors (Lipinski definition) is 3. The molecule has 0 spiro atoms. The Morgan fingerprint density at radius 1 is 1.12 bits per heavy atom. The van der Waals surface area contributed by atoms with E-state index in [1.54, 1.807) is 24.3 Å². The summed E-state index contributed by atoms with van der Waals surface area (Å²) in [6, 6.07) is 11.5. The fraction of sp³-hybridized carbons (Fsp3) is 0.0588. The third-order valence-electron chi connectivity index (χ3n) is 3.40. The summed E-state index contributed by atoms with van der Waals surface area (Å²) in [6.07, 6.45) is 0. The van der Waals surface area contributed by atoms with Gasteiger partial charge in [0.1, 0.15) is 6.54 Å². The first-order chi connectivity index (χ1) is 11.5. The maximum Gasteiger partial charge on any atom is 0.323 e. The minimum absolute atomic E-state index is 0.0242. The van der Waals surface area contributed by atoms with Crippen LogP contribution in [-0.4, -0.2) is 15.6 Å². The summed E-state index contributed by atoms with van der Waals surface area (Å²) in [4.78, 5) is 23.4. The predicted octanol–water partition coefficient (Wildman–Crippen LogP) is 3.52. The molecule has 3 aromatic rings. The lowest BCUT2D eigenvalue weighted by atomic mass is 10.2. The number of carboxylic acid groups (broad SMARTS) is 1. The van der Waals surface area contributed by atoms with E-state index in [9.17, 15) is 18.4 Å². The highest BCUT2D eigenvalue weighted by molar-refractivity contribution is 7.99. The number of carboxylic acids is 1. The predicted molar refractivity (Wildman–Crippen MR) is 86.3 cm³/mol. The van der Waals surface area contributed by atoms with E-state index < -0.39 is 24.1 Å². The highest BCUT2D eigenvalue weighted by Gasteiger charge is 2.15. The van der Waals surface area contributed by atoms with E-state index >= 15 is 0 Å². The number of fused-ring (bicyclic) bond motifs is 1. The molecular formula is C17H11F2NO3S. The van der Waals surface area contributed by atoms with Crippen molar-refractivity contribution in [1.82, 2.24) is 4.57 Å². The summed E-state index contributed by atoms with van der Waals surface area (Å²) in [6.45, 7) is -0.403. The van der Waals surface area contributed by atoms with E-state index in [1.807, 2.05) is 0 Å². The Bertz CT molecular complexity index is 1000. The second-order valence-electron chi connectivity index (χ2n) is 5.00. The lowest BCUT2D eigenvalue weighted by molar-refractivity contribution is -0.137. The largest absolute Gasteiger partial charge is 0.480 e. The molecule has 24 heavy (non-hydrogen) atoms. The SMILES string of the molecule is O=C(O)Cn1c(Sc2cccc(F)c2F)cc(=O)c2ccccc21. The van der Waals surface area contributed by atoms with Crippen molar-refractivity contribution < 1.29 is 18.7 Å². The number of nitrogens with zero attached hydrogens (tertiary/aromatic N) is 1. The Balaban J connectivity index is 2.21. The maximum absolute atomic E-state index is 13.9. The Kier molecular flexibility index (Phi) is 4.35. The first-order valence-electron chi connectivity index (χ1n) is 6.93. The van der Waals surface area contributed by atoms with E-state index in [4.69, 9.17) is 5.11 Å². The average Bonchev–Trinajstić information content (AvgIpc) is 2.55. The van der Waals surface area contributed by atoms with Gasteiger partial charge in [0.25, 0.3) is 0 Å².